The van der Waals surface area contributed by atoms with Crippen LogP contribution in [-0.2, 0) is 10.0 Å². The predicted molar refractivity (Wildman–Crippen MR) is 121 cm³/mol. The number of nitrogens with one attached hydrogen (secondary N) is 1. The minimum Gasteiger partial charge on any atom is -0.334 e. The second-order valence-corrected chi connectivity index (χ2v) is 10.2. The largest absolute Gasteiger partial charge is 0.334 e. The van der Waals surface area contributed by atoms with Gasteiger partial charge < -0.3 is 4.57 Å². The molecular formula is C22H22ClF2N5O2S. The van der Waals surface area contributed by atoms with Gasteiger partial charge in [-0.15, -0.1) is 0 Å². The van der Waals surface area contributed by atoms with Crippen molar-refractivity contribution >= 4 is 32.5 Å². The Hall–Kier alpha value is -2.61. The fourth-order valence-electron chi connectivity index (χ4n) is 4.31. The van der Waals surface area contributed by atoms with Gasteiger partial charge >= 0.3 is 0 Å². The van der Waals surface area contributed by atoms with Gasteiger partial charge in [0.15, 0.2) is 5.82 Å². The van der Waals surface area contributed by atoms with Gasteiger partial charge in [0.1, 0.15) is 30.0 Å². The summed E-state index contributed by atoms with van der Waals surface area (Å²) < 4.78 is 54.4. The van der Waals surface area contributed by atoms with Crippen LogP contribution in [0.3, 0.4) is 0 Å². The van der Waals surface area contributed by atoms with E-state index < -0.39 is 29.4 Å². The summed E-state index contributed by atoms with van der Waals surface area (Å²) in [5, 5.41) is 11.2. The molecule has 33 heavy (non-hydrogen) atoms. The number of hydrogen-bond acceptors (Lipinski definition) is 5. The van der Waals surface area contributed by atoms with Gasteiger partial charge in [-0.05, 0) is 31.0 Å². The van der Waals surface area contributed by atoms with Gasteiger partial charge in [0.2, 0.25) is 10.0 Å². The minimum atomic E-state index is -4.20. The Labute approximate surface area is 195 Å². The number of sulfonamides is 1. The van der Waals surface area contributed by atoms with Crippen molar-refractivity contribution in [2.24, 2.45) is 0 Å². The lowest BCUT2D eigenvalue weighted by atomic mass is 9.95. The molecule has 1 aliphatic rings. The number of benzene rings is 1. The molecule has 7 nitrogen and oxygen atoms in total. The first kappa shape index (κ1) is 23.5. The van der Waals surface area contributed by atoms with Crippen LogP contribution < -0.4 is 4.72 Å². The lowest BCUT2D eigenvalue weighted by Crippen LogP contribution is -2.38. The zero-order chi connectivity index (χ0) is 23.6. The summed E-state index contributed by atoms with van der Waals surface area (Å²) in [7, 11) is -4.20. The van der Waals surface area contributed by atoms with Crippen molar-refractivity contribution in [2.75, 3.05) is 13.3 Å². The average molecular weight is 494 g/mol. The molecule has 0 spiro atoms. The van der Waals surface area contributed by atoms with Gasteiger partial charge in [-0.2, -0.15) is 5.26 Å². The zero-order valence-electron chi connectivity index (χ0n) is 17.6. The van der Waals surface area contributed by atoms with Crippen molar-refractivity contribution in [2.45, 2.75) is 49.1 Å². The Bertz CT molecular complexity index is 1300. The standard InChI is InChI=1S/C22H22ClF2N5O2S/c23-14-6-7-20-18(8-14)19(11-26)21(30(20)16-4-2-1-3-5-16)22-27-12-17(13-28-22)33(31,32)29-15(9-24)10-25/h6-8,12-13,15-16,29H,1-5,9-10H2. The van der Waals surface area contributed by atoms with Crippen LogP contribution in [0.1, 0.15) is 43.7 Å². The molecule has 0 aliphatic heterocycles. The van der Waals surface area contributed by atoms with Crippen LogP contribution in [0.2, 0.25) is 5.02 Å². The van der Waals surface area contributed by atoms with Crippen molar-refractivity contribution < 1.29 is 17.2 Å². The molecule has 0 atom stereocenters. The maximum atomic E-state index is 12.8. The van der Waals surface area contributed by atoms with Crippen LogP contribution in [-0.4, -0.2) is 42.3 Å². The normalized spacial score (nSPS) is 15.2. The maximum absolute atomic E-state index is 12.8. The highest BCUT2D eigenvalue weighted by atomic mass is 35.5. The van der Waals surface area contributed by atoms with E-state index in [1.165, 1.54) is 0 Å². The molecule has 1 saturated carbocycles. The molecular weight excluding hydrogens is 472 g/mol. The Kier molecular flexibility index (Phi) is 6.93. The number of hydrogen-bond donors (Lipinski definition) is 1. The SMILES string of the molecule is N#Cc1c(-c2ncc(S(=O)(=O)NC(CF)CF)cn2)n(C2CCCCC2)c2ccc(Cl)cc12. The number of alkyl halides is 2. The first-order chi connectivity index (χ1) is 15.9. The van der Waals surface area contributed by atoms with Crippen LogP contribution in [0.25, 0.3) is 22.4 Å². The highest BCUT2D eigenvalue weighted by Gasteiger charge is 2.28. The number of halogens is 3. The summed E-state index contributed by atoms with van der Waals surface area (Å²) in [6.45, 7) is -2.35. The van der Waals surface area contributed by atoms with E-state index in [1.54, 1.807) is 12.1 Å². The number of rotatable bonds is 7. The first-order valence-corrected chi connectivity index (χ1v) is 12.5. The third-order valence-electron chi connectivity index (χ3n) is 5.86. The van der Waals surface area contributed by atoms with Crippen molar-refractivity contribution in [3.05, 3.63) is 41.2 Å². The Morgan fingerprint density at radius 2 is 1.85 bits per heavy atom. The molecule has 0 amide bonds. The zero-order valence-corrected chi connectivity index (χ0v) is 19.2. The van der Waals surface area contributed by atoms with E-state index in [0.29, 0.717) is 21.7 Å². The third-order valence-corrected chi connectivity index (χ3v) is 7.57. The van der Waals surface area contributed by atoms with Gasteiger partial charge in [-0.25, -0.2) is 31.9 Å². The first-order valence-electron chi connectivity index (χ1n) is 10.6. The number of aromatic nitrogens is 3. The molecule has 0 bridgehead atoms. The second kappa shape index (κ2) is 9.71. The Morgan fingerprint density at radius 1 is 1.18 bits per heavy atom. The molecule has 0 radical (unpaired) electrons. The molecule has 11 heteroatoms. The van der Waals surface area contributed by atoms with E-state index in [1.807, 2.05) is 10.8 Å². The van der Waals surface area contributed by atoms with E-state index in [2.05, 4.69) is 20.6 Å². The Balaban J connectivity index is 1.83. The summed E-state index contributed by atoms with van der Waals surface area (Å²) in [5.74, 6) is 0.191. The fraction of sp³-hybridized carbons (Fsp3) is 0.409. The van der Waals surface area contributed by atoms with Crippen LogP contribution in [0.15, 0.2) is 35.5 Å². The van der Waals surface area contributed by atoms with Gasteiger partial charge in [0, 0.05) is 16.5 Å². The van der Waals surface area contributed by atoms with E-state index in [-0.39, 0.29) is 16.8 Å². The van der Waals surface area contributed by atoms with Gasteiger partial charge in [0.05, 0.1) is 29.5 Å². The predicted octanol–water partition coefficient (Wildman–Crippen LogP) is 4.71. The van der Waals surface area contributed by atoms with Gasteiger partial charge in [-0.1, -0.05) is 30.9 Å². The van der Waals surface area contributed by atoms with Crippen molar-refractivity contribution in [3.8, 4) is 17.6 Å². The summed E-state index contributed by atoms with van der Waals surface area (Å²) >= 11 is 6.20. The van der Waals surface area contributed by atoms with Crippen molar-refractivity contribution in [1.82, 2.24) is 19.3 Å². The third kappa shape index (κ3) is 4.58. The molecule has 1 fully saturated rings. The highest BCUT2D eigenvalue weighted by molar-refractivity contribution is 7.89. The molecule has 2 aromatic heterocycles. The summed E-state index contributed by atoms with van der Waals surface area (Å²) in [6.07, 6.45) is 7.31. The molecule has 1 aliphatic carbocycles. The lowest BCUT2D eigenvalue weighted by Gasteiger charge is -2.26. The van der Waals surface area contributed by atoms with Crippen molar-refractivity contribution in [3.63, 3.8) is 0 Å². The average Bonchev–Trinajstić information content (AvgIpc) is 3.16. The quantitative estimate of drug-likeness (QED) is 0.513. The Morgan fingerprint density at radius 3 is 2.45 bits per heavy atom. The molecule has 0 saturated heterocycles. The van der Waals surface area contributed by atoms with E-state index in [4.69, 9.17) is 11.6 Å². The lowest BCUT2D eigenvalue weighted by molar-refractivity contribution is 0.334. The second-order valence-electron chi connectivity index (χ2n) is 8.03. The van der Waals surface area contributed by atoms with Crippen LogP contribution in [0.4, 0.5) is 8.78 Å². The van der Waals surface area contributed by atoms with Gasteiger partial charge in [-0.3, -0.25) is 0 Å². The van der Waals surface area contributed by atoms with E-state index in [9.17, 15) is 22.5 Å². The monoisotopic (exact) mass is 493 g/mol. The van der Waals surface area contributed by atoms with Crippen LogP contribution in [0, 0.1) is 11.3 Å². The van der Waals surface area contributed by atoms with E-state index >= 15 is 0 Å². The van der Waals surface area contributed by atoms with Gasteiger partial charge in [0.25, 0.3) is 0 Å². The minimum absolute atomic E-state index is 0.142. The fourth-order valence-corrected chi connectivity index (χ4v) is 5.56. The summed E-state index contributed by atoms with van der Waals surface area (Å²) in [6, 6.07) is 6.27. The highest BCUT2D eigenvalue weighted by Crippen LogP contribution is 2.40. The maximum Gasteiger partial charge on any atom is 0.244 e. The summed E-state index contributed by atoms with van der Waals surface area (Å²) in [5.41, 5.74) is 1.71. The van der Waals surface area contributed by atoms with Crippen LogP contribution in [0.5, 0.6) is 0 Å². The molecule has 4 rings (SSSR count). The number of fused-ring (bicyclic) bond motifs is 1. The molecule has 2 heterocycles. The molecule has 0 unspecified atom stereocenters. The molecule has 1 aromatic carbocycles. The molecule has 1 N–H and O–H groups in total. The van der Waals surface area contributed by atoms with Crippen molar-refractivity contribution in [1.29, 1.82) is 5.26 Å². The molecule has 3 aromatic rings. The topological polar surface area (TPSA) is 101 Å². The summed E-state index contributed by atoms with van der Waals surface area (Å²) in [4.78, 5) is 8.15. The smallest absolute Gasteiger partial charge is 0.244 e. The van der Waals surface area contributed by atoms with E-state index in [0.717, 1.165) is 50.0 Å². The number of nitriles is 1. The molecule has 174 valence electrons. The number of nitrogens with zero attached hydrogens (tertiary/aromatic N) is 4. The van der Waals surface area contributed by atoms with Crippen LogP contribution >= 0.6 is 11.6 Å².